The highest BCUT2D eigenvalue weighted by Crippen LogP contribution is 2.42. The number of ether oxygens (including phenoxy) is 5. The van der Waals surface area contributed by atoms with Crippen molar-refractivity contribution in [3.63, 3.8) is 0 Å². The van der Waals surface area contributed by atoms with Gasteiger partial charge in [-0.2, -0.15) is 0 Å². The Morgan fingerprint density at radius 3 is 2.12 bits per heavy atom. The number of aliphatic hydroxyl groups is 5. The molecule has 51 heavy (non-hydrogen) atoms. The van der Waals surface area contributed by atoms with E-state index in [1.807, 2.05) is 53.6 Å². The number of nitrogens with one attached hydrogen (secondary N) is 1. The molecule has 18 atom stereocenters. The van der Waals surface area contributed by atoms with Crippen molar-refractivity contribution in [1.29, 1.82) is 0 Å². The highest BCUT2D eigenvalue weighted by Gasteiger charge is 2.52. The molecule has 0 bridgehead atoms. The van der Waals surface area contributed by atoms with E-state index in [1.165, 1.54) is 6.92 Å². The van der Waals surface area contributed by atoms with Gasteiger partial charge < -0.3 is 59.4 Å². The van der Waals surface area contributed by atoms with Gasteiger partial charge in [0.25, 0.3) is 0 Å². The predicted octanol–water partition coefficient (Wildman–Crippen LogP) is 2.57. The fourth-order valence-electron chi connectivity index (χ4n) is 8.62. The van der Waals surface area contributed by atoms with Crippen LogP contribution in [0.2, 0.25) is 0 Å². The first kappa shape index (κ1) is 44.4. The number of esters is 1. The molecule has 0 saturated carbocycles. The number of likely N-dealkylation sites (N-methyl/N-ethyl adjacent to an activating group) is 1. The molecule has 3 heterocycles. The Labute approximate surface area is 306 Å². The van der Waals surface area contributed by atoms with Crippen LogP contribution in [0.25, 0.3) is 0 Å². The number of hydrogen-bond donors (Lipinski definition) is 6. The van der Waals surface area contributed by atoms with Crippen LogP contribution in [0.5, 0.6) is 0 Å². The summed E-state index contributed by atoms with van der Waals surface area (Å²) in [6.07, 6.45) is -6.65. The van der Waals surface area contributed by atoms with Crippen molar-refractivity contribution >= 4 is 5.97 Å². The number of aliphatic hydroxyl groups excluding tert-OH is 3. The van der Waals surface area contributed by atoms with E-state index in [1.54, 1.807) is 34.6 Å². The standard InChI is InChI=1S/C38H72N2O11/c1-14-27-38(11,46)31(42)20(3)19-39-21(4)17-37(10,45)33(51-35-29(41)26(40(12)13)16-22(5)47-35)23(6)30(24(7)34(44)49-27)50-28-18-36(9,15-2)32(43)25(8)48-28/h20-33,35,39,41-43,45-46H,14-19H2,1-13H3/t20-,21+,22+,23-,24+,25-,26-,27-,28-,29+,30+,31+,32-,33+,35-,36+,37+,38+/m0/s1. The first-order chi connectivity index (χ1) is 23.5. The van der Waals surface area contributed by atoms with E-state index in [4.69, 9.17) is 23.7 Å². The van der Waals surface area contributed by atoms with Crippen molar-refractivity contribution in [3.05, 3.63) is 0 Å². The zero-order valence-electron chi connectivity index (χ0n) is 33.5. The van der Waals surface area contributed by atoms with Gasteiger partial charge in [0.15, 0.2) is 12.6 Å². The summed E-state index contributed by atoms with van der Waals surface area (Å²) in [6, 6.07) is -0.538. The zero-order chi connectivity index (χ0) is 38.8. The van der Waals surface area contributed by atoms with Gasteiger partial charge in [0, 0.05) is 36.4 Å². The lowest BCUT2D eigenvalue weighted by Gasteiger charge is -2.49. The van der Waals surface area contributed by atoms with Crippen LogP contribution in [-0.2, 0) is 28.5 Å². The maximum Gasteiger partial charge on any atom is 0.311 e. The predicted molar refractivity (Wildman–Crippen MR) is 193 cm³/mol. The van der Waals surface area contributed by atoms with E-state index in [0.717, 1.165) is 0 Å². The minimum absolute atomic E-state index is 0.191. The average Bonchev–Trinajstić information content (AvgIpc) is 3.05. The van der Waals surface area contributed by atoms with Crippen molar-refractivity contribution in [3.8, 4) is 0 Å². The lowest BCUT2D eigenvalue weighted by molar-refractivity contribution is -0.312. The van der Waals surface area contributed by atoms with Gasteiger partial charge in [-0.05, 0) is 87.2 Å². The topological polar surface area (TPSA) is 180 Å². The van der Waals surface area contributed by atoms with Crippen molar-refractivity contribution in [2.75, 3.05) is 20.6 Å². The molecule has 0 radical (unpaired) electrons. The van der Waals surface area contributed by atoms with Crippen LogP contribution in [0.1, 0.15) is 108 Å². The normalized spacial score (nSPS) is 49.9. The smallest absolute Gasteiger partial charge is 0.311 e. The molecule has 13 heteroatoms. The molecule has 6 N–H and O–H groups in total. The molecule has 300 valence electrons. The third-order valence-electron chi connectivity index (χ3n) is 12.2. The van der Waals surface area contributed by atoms with Crippen LogP contribution in [0, 0.1) is 23.2 Å². The highest BCUT2D eigenvalue weighted by atomic mass is 16.7. The molecule has 0 aliphatic carbocycles. The summed E-state index contributed by atoms with van der Waals surface area (Å²) in [5.74, 6) is -2.77. The van der Waals surface area contributed by atoms with Crippen LogP contribution in [0.15, 0.2) is 0 Å². The fraction of sp³-hybridized carbons (Fsp3) is 0.974. The van der Waals surface area contributed by atoms with Crippen LogP contribution < -0.4 is 5.32 Å². The van der Waals surface area contributed by atoms with Crippen LogP contribution in [-0.4, -0.2) is 142 Å². The van der Waals surface area contributed by atoms with Crippen molar-refractivity contribution in [2.24, 2.45) is 23.2 Å². The molecular formula is C38H72N2O11. The summed E-state index contributed by atoms with van der Waals surface area (Å²) < 4.78 is 31.9. The Morgan fingerprint density at radius 1 is 0.922 bits per heavy atom. The summed E-state index contributed by atoms with van der Waals surface area (Å²) >= 11 is 0. The zero-order valence-corrected chi connectivity index (χ0v) is 33.5. The van der Waals surface area contributed by atoms with Gasteiger partial charge in [0.05, 0.1) is 48.1 Å². The van der Waals surface area contributed by atoms with Gasteiger partial charge in [-0.25, -0.2) is 0 Å². The summed E-state index contributed by atoms with van der Waals surface area (Å²) in [4.78, 5) is 16.1. The van der Waals surface area contributed by atoms with E-state index >= 15 is 0 Å². The Morgan fingerprint density at radius 2 is 1.55 bits per heavy atom. The molecule has 0 aromatic rings. The Balaban J connectivity index is 2.15. The average molecular weight is 733 g/mol. The summed E-state index contributed by atoms with van der Waals surface area (Å²) in [6.45, 7) is 20.2. The van der Waals surface area contributed by atoms with Gasteiger partial charge >= 0.3 is 5.97 Å². The van der Waals surface area contributed by atoms with Crippen LogP contribution >= 0.6 is 0 Å². The van der Waals surface area contributed by atoms with Crippen molar-refractivity contribution < 1.29 is 54.0 Å². The molecule has 0 aromatic carbocycles. The largest absolute Gasteiger partial charge is 0.459 e. The van der Waals surface area contributed by atoms with Crippen LogP contribution in [0.3, 0.4) is 0 Å². The molecule has 3 rings (SSSR count). The van der Waals surface area contributed by atoms with E-state index in [-0.39, 0.29) is 31.0 Å². The second kappa shape index (κ2) is 17.7. The minimum atomic E-state index is -1.76. The lowest BCUT2D eigenvalue weighted by atomic mass is 9.74. The SMILES string of the molecule is CC[C@@H]1OC(=O)[C@H](C)[C@H](O[C@H]2C[C@@](C)(CC)[C@@H](O)[C@H](C)O2)[C@H](C)[C@@H](O[C@@H]2O[C@H](C)C[C@H](N(C)C)[C@H]2O)[C@](C)(O)C[C@@H](C)NC[C@H](C)[C@@H](O)[C@]1(C)O. The first-order valence-corrected chi connectivity index (χ1v) is 19.2. The number of carbonyl (C=O) groups is 1. The Bertz CT molecular complexity index is 1110. The fourth-order valence-corrected chi connectivity index (χ4v) is 8.62. The van der Waals surface area contributed by atoms with Gasteiger partial charge in [-0.15, -0.1) is 0 Å². The van der Waals surface area contributed by atoms with Crippen molar-refractivity contribution in [2.45, 2.75) is 193 Å². The Kier molecular flexibility index (Phi) is 15.4. The number of cyclic esters (lactones) is 1. The third kappa shape index (κ3) is 10.2. The maximum absolute atomic E-state index is 14.2. The van der Waals surface area contributed by atoms with Gasteiger partial charge in [0.1, 0.15) is 17.8 Å². The molecule has 13 nitrogen and oxygen atoms in total. The molecule has 3 aliphatic rings. The second-order valence-corrected chi connectivity index (χ2v) is 17.2. The van der Waals surface area contributed by atoms with E-state index in [2.05, 4.69) is 5.32 Å². The molecule has 0 aromatic heterocycles. The molecule has 0 spiro atoms. The summed E-state index contributed by atoms with van der Waals surface area (Å²) in [5.41, 5.74) is -3.83. The van der Waals surface area contributed by atoms with Crippen LogP contribution in [0.4, 0.5) is 0 Å². The van der Waals surface area contributed by atoms with Gasteiger partial charge in [-0.3, -0.25) is 4.79 Å². The highest BCUT2D eigenvalue weighted by molar-refractivity contribution is 5.73. The monoisotopic (exact) mass is 733 g/mol. The summed E-state index contributed by atoms with van der Waals surface area (Å²) in [7, 11) is 3.78. The molecule has 0 unspecified atom stereocenters. The number of carbonyl (C=O) groups excluding carboxylic acids is 1. The quantitative estimate of drug-likeness (QED) is 0.211. The maximum atomic E-state index is 14.2. The molecule has 3 fully saturated rings. The second-order valence-electron chi connectivity index (χ2n) is 17.2. The molecular weight excluding hydrogens is 660 g/mol. The minimum Gasteiger partial charge on any atom is -0.459 e. The number of nitrogens with zero attached hydrogens (tertiary/aromatic N) is 1. The number of hydrogen-bond acceptors (Lipinski definition) is 13. The van der Waals surface area contributed by atoms with E-state index in [0.29, 0.717) is 25.8 Å². The van der Waals surface area contributed by atoms with Gasteiger partial charge in [0.2, 0.25) is 0 Å². The van der Waals surface area contributed by atoms with Crippen molar-refractivity contribution in [1.82, 2.24) is 10.2 Å². The Hall–Kier alpha value is -0.970. The lowest BCUT2D eigenvalue weighted by Crippen LogP contribution is -2.60. The van der Waals surface area contributed by atoms with E-state index < -0.39 is 95.6 Å². The third-order valence-corrected chi connectivity index (χ3v) is 12.2. The molecule has 3 saturated heterocycles. The number of rotatable bonds is 7. The molecule has 0 amide bonds. The first-order valence-electron chi connectivity index (χ1n) is 19.2. The van der Waals surface area contributed by atoms with Gasteiger partial charge in [-0.1, -0.05) is 34.6 Å². The molecule has 3 aliphatic heterocycles. The summed E-state index contributed by atoms with van der Waals surface area (Å²) in [5, 5.41) is 61.3. The van der Waals surface area contributed by atoms with E-state index in [9.17, 15) is 30.3 Å².